The molecule has 33 heavy (non-hydrogen) atoms. The van der Waals surface area contributed by atoms with Crippen molar-refractivity contribution in [3.63, 3.8) is 0 Å². The maximum Gasteiger partial charge on any atom is 0.433 e. The number of nitrogens with zero attached hydrogens (tertiary/aromatic N) is 5. The molecule has 0 aliphatic rings. The van der Waals surface area contributed by atoms with Gasteiger partial charge in [0.1, 0.15) is 6.73 Å². The fourth-order valence-electron chi connectivity index (χ4n) is 3.21. The number of anilines is 1. The molecule has 1 aromatic carbocycles. The van der Waals surface area contributed by atoms with Crippen LogP contribution in [-0.2, 0) is 17.6 Å². The number of carbonyl (C=O) groups is 1. The van der Waals surface area contributed by atoms with Gasteiger partial charge >= 0.3 is 6.18 Å². The minimum absolute atomic E-state index is 0.0877. The third-order valence-corrected chi connectivity index (χ3v) is 5.07. The van der Waals surface area contributed by atoms with Gasteiger partial charge in [-0.05, 0) is 44.0 Å². The van der Waals surface area contributed by atoms with Crippen molar-refractivity contribution in [1.29, 1.82) is 0 Å². The lowest BCUT2D eigenvalue weighted by Crippen LogP contribution is -2.15. The average molecular weight is 458 g/mol. The summed E-state index contributed by atoms with van der Waals surface area (Å²) in [5, 5.41) is 10.5. The molecule has 3 heterocycles. The smallest absolute Gasteiger partial charge is 0.360 e. The lowest BCUT2D eigenvalue weighted by molar-refractivity contribution is -0.142. The highest BCUT2D eigenvalue weighted by molar-refractivity contribution is 6.03. The van der Waals surface area contributed by atoms with Crippen molar-refractivity contribution in [2.45, 2.75) is 33.7 Å². The Labute approximate surface area is 187 Å². The second kappa shape index (κ2) is 8.66. The van der Waals surface area contributed by atoms with Gasteiger partial charge in [0.2, 0.25) is 0 Å². The zero-order valence-corrected chi connectivity index (χ0v) is 18.1. The standard InChI is InChI=1S/C22H21F3N6O2/c1-4-33-12-30-11-16(10-26-30)27-21(32)18-9-20-28-17(15-6-5-13(2)14(3)7-15)8-19(22(23,24)25)31(20)29-18/h5-11H,4,12H2,1-3H3,(H,27,32). The predicted molar refractivity (Wildman–Crippen MR) is 115 cm³/mol. The van der Waals surface area contributed by atoms with Gasteiger partial charge in [0, 0.05) is 18.2 Å². The Hall–Kier alpha value is -3.73. The summed E-state index contributed by atoms with van der Waals surface area (Å²) in [7, 11) is 0. The number of hydrogen-bond donors (Lipinski definition) is 1. The number of alkyl halides is 3. The van der Waals surface area contributed by atoms with Crippen LogP contribution < -0.4 is 5.32 Å². The Morgan fingerprint density at radius 1 is 1.15 bits per heavy atom. The predicted octanol–water partition coefficient (Wildman–Crippen LogP) is 4.47. The minimum Gasteiger partial charge on any atom is -0.360 e. The first-order chi connectivity index (χ1) is 15.7. The summed E-state index contributed by atoms with van der Waals surface area (Å²) in [6, 6.07) is 7.47. The van der Waals surface area contributed by atoms with E-state index in [9.17, 15) is 18.0 Å². The van der Waals surface area contributed by atoms with Crippen LogP contribution in [0.3, 0.4) is 0 Å². The summed E-state index contributed by atoms with van der Waals surface area (Å²) < 4.78 is 48.8. The Bertz CT molecular complexity index is 1330. The van der Waals surface area contributed by atoms with Crippen LogP contribution in [0.1, 0.15) is 34.2 Å². The molecule has 0 radical (unpaired) electrons. The molecule has 0 bridgehead atoms. The molecule has 8 nitrogen and oxygen atoms in total. The number of rotatable bonds is 6. The normalized spacial score (nSPS) is 11.8. The lowest BCUT2D eigenvalue weighted by Gasteiger charge is -2.11. The molecule has 0 fully saturated rings. The first kappa shape index (κ1) is 22.5. The third-order valence-electron chi connectivity index (χ3n) is 5.07. The van der Waals surface area contributed by atoms with Crippen LogP contribution in [0, 0.1) is 13.8 Å². The van der Waals surface area contributed by atoms with Crippen LogP contribution in [0.4, 0.5) is 18.9 Å². The van der Waals surface area contributed by atoms with Crippen molar-refractivity contribution in [2.24, 2.45) is 0 Å². The molecule has 11 heteroatoms. The second-order valence-corrected chi connectivity index (χ2v) is 7.47. The van der Waals surface area contributed by atoms with Gasteiger partial charge < -0.3 is 10.1 Å². The van der Waals surface area contributed by atoms with Crippen molar-refractivity contribution < 1.29 is 22.7 Å². The number of aromatic nitrogens is 5. The molecule has 0 aliphatic heterocycles. The first-order valence-electron chi connectivity index (χ1n) is 10.1. The van der Waals surface area contributed by atoms with Gasteiger partial charge in [0.05, 0.1) is 23.8 Å². The molecule has 4 rings (SSSR count). The van der Waals surface area contributed by atoms with E-state index in [2.05, 4.69) is 20.5 Å². The lowest BCUT2D eigenvalue weighted by atomic mass is 10.0. The molecule has 1 amide bonds. The Balaban J connectivity index is 1.70. The summed E-state index contributed by atoms with van der Waals surface area (Å²) in [4.78, 5) is 17.0. The number of amides is 1. The van der Waals surface area contributed by atoms with Gasteiger partial charge in [-0.15, -0.1) is 0 Å². The molecule has 0 spiro atoms. The van der Waals surface area contributed by atoms with E-state index in [-0.39, 0.29) is 23.8 Å². The Morgan fingerprint density at radius 2 is 1.94 bits per heavy atom. The first-order valence-corrected chi connectivity index (χ1v) is 10.1. The number of nitrogens with one attached hydrogen (secondary N) is 1. The van der Waals surface area contributed by atoms with E-state index in [0.29, 0.717) is 22.4 Å². The van der Waals surface area contributed by atoms with Crippen LogP contribution >= 0.6 is 0 Å². The van der Waals surface area contributed by atoms with Crippen molar-refractivity contribution in [1.82, 2.24) is 24.4 Å². The van der Waals surface area contributed by atoms with Crippen LogP contribution in [0.25, 0.3) is 16.9 Å². The topological polar surface area (TPSA) is 86.3 Å². The molecule has 3 aromatic heterocycles. The summed E-state index contributed by atoms with van der Waals surface area (Å²) in [5.74, 6) is -0.683. The quantitative estimate of drug-likeness (QED) is 0.461. The van der Waals surface area contributed by atoms with E-state index in [4.69, 9.17) is 4.74 Å². The fraction of sp³-hybridized carbons (Fsp3) is 0.273. The monoisotopic (exact) mass is 458 g/mol. The minimum atomic E-state index is -4.70. The second-order valence-electron chi connectivity index (χ2n) is 7.47. The third kappa shape index (κ3) is 4.72. The summed E-state index contributed by atoms with van der Waals surface area (Å²) in [5.41, 5.74) is 1.67. The molecular weight excluding hydrogens is 437 g/mol. The number of ether oxygens (including phenoxy) is 1. The van der Waals surface area contributed by atoms with E-state index in [1.54, 1.807) is 18.3 Å². The van der Waals surface area contributed by atoms with Gasteiger partial charge in [-0.1, -0.05) is 12.1 Å². The number of hydrogen-bond acceptors (Lipinski definition) is 5. The van der Waals surface area contributed by atoms with Gasteiger partial charge in [-0.3, -0.25) is 4.79 Å². The van der Waals surface area contributed by atoms with Crippen molar-refractivity contribution >= 4 is 17.2 Å². The molecule has 1 N–H and O–H groups in total. The largest absolute Gasteiger partial charge is 0.433 e. The van der Waals surface area contributed by atoms with Crippen LogP contribution in [-0.4, -0.2) is 36.9 Å². The molecule has 0 saturated heterocycles. The number of fused-ring (bicyclic) bond motifs is 1. The maximum atomic E-state index is 13.8. The maximum absolute atomic E-state index is 13.8. The average Bonchev–Trinajstić information content (AvgIpc) is 3.39. The van der Waals surface area contributed by atoms with E-state index in [0.717, 1.165) is 17.2 Å². The van der Waals surface area contributed by atoms with E-state index < -0.39 is 17.8 Å². The van der Waals surface area contributed by atoms with Gasteiger partial charge in [0.25, 0.3) is 5.91 Å². The highest BCUT2D eigenvalue weighted by Gasteiger charge is 2.35. The fourth-order valence-corrected chi connectivity index (χ4v) is 3.21. The molecule has 0 atom stereocenters. The van der Waals surface area contributed by atoms with Crippen LogP contribution in [0.15, 0.2) is 42.7 Å². The summed E-state index contributed by atoms with van der Waals surface area (Å²) >= 11 is 0. The molecule has 0 unspecified atom stereocenters. The van der Waals surface area contributed by atoms with Gasteiger partial charge in [-0.25, -0.2) is 14.2 Å². The molecule has 172 valence electrons. The molecule has 4 aromatic rings. The highest BCUT2D eigenvalue weighted by atomic mass is 19.4. The highest BCUT2D eigenvalue weighted by Crippen LogP contribution is 2.32. The zero-order valence-electron chi connectivity index (χ0n) is 18.1. The van der Waals surface area contributed by atoms with Crippen LogP contribution in [0.2, 0.25) is 0 Å². The Kier molecular flexibility index (Phi) is 5.90. The van der Waals surface area contributed by atoms with E-state index in [1.165, 1.54) is 16.9 Å². The van der Waals surface area contributed by atoms with E-state index >= 15 is 0 Å². The van der Waals surface area contributed by atoms with Crippen molar-refractivity contribution in [2.75, 3.05) is 11.9 Å². The van der Waals surface area contributed by atoms with Crippen LogP contribution in [0.5, 0.6) is 0 Å². The van der Waals surface area contributed by atoms with Crippen molar-refractivity contribution in [3.05, 3.63) is 65.2 Å². The van der Waals surface area contributed by atoms with Crippen molar-refractivity contribution in [3.8, 4) is 11.3 Å². The molecule has 0 saturated carbocycles. The van der Waals surface area contributed by atoms with E-state index in [1.807, 2.05) is 26.8 Å². The number of aryl methyl sites for hydroxylation is 2. The zero-order chi connectivity index (χ0) is 23.8. The number of halogens is 3. The number of benzene rings is 1. The molecule has 0 aliphatic carbocycles. The SMILES string of the molecule is CCOCn1cc(NC(=O)c2cc3nc(-c4ccc(C)c(C)c4)cc(C(F)(F)F)n3n2)cn1. The Morgan fingerprint density at radius 3 is 2.64 bits per heavy atom. The summed E-state index contributed by atoms with van der Waals surface area (Å²) in [6.45, 7) is 6.34. The summed E-state index contributed by atoms with van der Waals surface area (Å²) in [6.07, 6.45) is -1.75. The van der Waals surface area contributed by atoms with Gasteiger partial charge in [-0.2, -0.15) is 23.4 Å². The van der Waals surface area contributed by atoms with Gasteiger partial charge in [0.15, 0.2) is 17.0 Å². The molecular formula is C22H21F3N6O2. The number of carbonyl (C=O) groups excluding carboxylic acids is 1.